The quantitative estimate of drug-likeness (QED) is 0.297. The van der Waals surface area contributed by atoms with Gasteiger partial charge >= 0.3 is 0 Å². The predicted octanol–water partition coefficient (Wildman–Crippen LogP) is 6.89. The number of hydrogen-bond donors (Lipinski definition) is 2. The third-order valence-corrected chi connectivity index (χ3v) is 5.64. The van der Waals surface area contributed by atoms with Gasteiger partial charge in [0.05, 0.1) is 6.10 Å². The lowest BCUT2D eigenvalue weighted by Crippen LogP contribution is -2.29. The Hall–Kier alpha value is -2.49. The predicted molar refractivity (Wildman–Crippen MR) is 141 cm³/mol. The van der Waals surface area contributed by atoms with Crippen LogP contribution in [0, 0.1) is 5.41 Å². The van der Waals surface area contributed by atoms with Gasteiger partial charge in [-0.2, -0.15) is 0 Å². The van der Waals surface area contributed by atoms with Crippen LogP contribution in [0.2, 0.25) is 0 Å². The van der Waals surface area contributed by atoms with Crippen molar-refractivity contribution in [3.63, 3.8) is 0 Å². The number of carbonyl (C=O) groups excluding carboxylic acids is 1. The van der Waals surface area contributed by atoms with Crippen molar-refractivity contribution in [2.75, 3.05) is 0 Å². The molecule has 0 amide bonds. The van der Waals surface area contributed by atoms with Crippen LogP contribution in [0.5, 0.6) is 0 Å². The van der Waals surface area contributed by atoms with Crippen LogP contribution in [0.25, 0.3) is 0 Å². The molecule has 1 rings (SSSR count). The Kier molecular flexibility index (Phi) is 11.0. The highest BCUT2D eigenvalue weighted by Crippen LogP contribution is 2.41. The number of aliphatic hydroxyl groups excluding tert-OH is 1. The van der Waals surface area contributed by atoms with Crippen LogP contribution in [-0.2, 0) is 4.79 Å². The van der Waals surface area contributed by atoms with Crippen molar-refractivity contribution in [3.05, 3.63) is 94.7 Å². The Bertz CT molecular complexity index is 936. The molecule has 0 fully saturated rings. The number of ketones is 1. The Labute approximate surface area is 201 Å². The molecule has 0 radical (unpaired) electrons. The topological polar surface area (TPSA) is 57.5 Å². The molecule has 0 aromatic heterocycles. The number of aliphatic hydroxyl groups is 2. The molecule has 33 heavy (non-hydrogen) atoms. The molecule has 0 aromatic rings. The fraction of sp³-hybridized carbons (Fsp3) is 0.433. The molecular formula is C30H42O3. The second-order valence-corrected chi connectivity index (χ2v) is 10.2. The van der Waals surface area contributed by atoms with Crippen LogP contribution in [0.15, 0.2) is 94.7 Å². The SMILES string of the molecule is CC1=C(/C=C/C(C)=C/C=C/C(C)=C/C=C/C=C(C)/C=C/C(=O)C(C)(C)O)C(C)(C)CC(O)C1. The molecule has 1 aliphatic rings. The average molecular weight is 451 g/mol. The van der Waals surface area contributed by atoms with Crippen molar-refractivity contribution in [2.45, 2.75) is 79.9 Å². The molecule has 0 spiro atoms. The van der Waals surface area contributed by atoms with Crippen LogP contribution in [0.1, 0.15) is 68.2 Å². The maximum absolute atomic E-state index is 11.7. The van der Waals surface area contributed by atoms with Gasteiger partial charge in [0.15, 0.2) is 5.78 Å². The molecule has 1 atom stereocenters. The summed E-state index contributed by atoms with van der Waals surface area (Å²) < 4.78 is 0. The van der Waals surface area contributed by atoms with Gasteiger partial charge in [-0.3, -0.25) is 4.79 Å². The maximum atomic E-state index is 11.7. The Morgan fingerprint density at radius 1 is 0.909 bits per heavy atom. The van der Waals surface area contributed by atoms with Crippen LogP contribution in [0.4, 0.5) is 0 Å². The van der Waals surface area contributed by atoms with E-state index in [-0.39, 0.29) is 17.3 Å². The van der Waals surface area contributed by atoms with Gasteiger partial charge in [0.2, 0.25) is 0 Å². The van der Waals surface area contributed by atoms with Gasteiger partial charge in [-0.05, 0) is 71.4 Å². The lowest BCUT2D eigenvalue weighted by atomic mass is 9.71. The van der Waals surface area contributed by atoms with Crippen molar-refractivity contribution in [1.82, 2.24) is 0 Å². The van der Waals surface area contributed by atoms with Crippen LogP contribution >= 0.6 is 0 Å². The molecule has 0 saturated heterocycles. The summed E-state index contributed by atoms with van der Waals surface area (Å²) in [4.78, 5) is 11.7. The summed E-state index contributed by atoms with van der Waals surface area (Å²) in [6.45, 7) is 15.5. The molecular weight excluding hydrogens is 408 g/mol. The van der Waals surface area contributed by atoms with Crippen molar-refractivity contribution in [2.24, 2.45) is 5.41 Å². The van der Waals surface area contributed by atoms with E-state index >= 15 is 0 Å². The van der Waals surface area contributed by atoms with Gasteiger partial charge in [0, 0.05) is 0 Å². The highest BCUT2D eigenvalue weighted by molar-refractivity contribution is 5.96. The first kappa shape index (κ1) is 28.5. The molecule has 3 heteroatoms. The minimum absolute atomic E-state index is 0.00638. The maximum Gasteiger partial charge on any atom is 0.186 e. The van der Waals surface area contributed by atoms with Crippen LogP contribution in [-0.4, -0.2) is 27.7 Å². The third-order valence-electron chi connectivity index (χ3n) is 5.64. The van der Waals surface area contributed by atoms with E-state index in [2.05, 4.69) is 52.0 Å². The first-order chi connectivity index (χ1) is 15.2. The average Bonchev–Trinajstić information content (AvgIpc) is 2.67. The third kappa shape index (κ3) is 10.8. The second-order valence-electron chi connectivity index (χ2n) is 10.2. The normalized spacial score (nSPS) is 21.4. The summed E-state index contributed by atoms with van der Waals surface area (Å²) in [5.41, 5.74) is 4.47. The van der Waals surface area contributed by atoms with E-state index in [1.165, 1.54) is 36.6 Å². The van der Waals surface area contributed by atoms with Crippen LogP contribution in [0.3, 0.4) is 0 Å². The molecule has 0 heterocycles. The molecule has 0 aliphatic heterocycles. The van der Waals surface area contributed by atoms with Gasteiger partial charge in [0.1, 0.15) is 5.60 Å². The van der Waals surface area contributed by atoms with Gasteiger partial charge in [0.25, 0.3) is 0 Å². The minimum atomic E-state index is -1.34. The van der Waals surface area contributed by atoms with Crippen molar-refractivity contribution in [3.8, 4) is 0 Å². The largest absolute Gasteiger partial charge is 0.393 e. The first-order valence-corrected chi connectivity index (χ1v) is 11.6. The zero-order valence-electron chi connectivity index (χ0n) is 21.6. The fourth-order valence-corrected chi connectivity index (χ4v) is 3.74. The van der Waals surface area contributed by atoms with E-state index in [4.69, 9.17) is 0 Å². The first-order valence-electron chi connectivity index (χ1n) is 11.6. The molecule has 0 bridgehead atoms. The Morgan fingerprint density at radius 3 is 1.97 bits per heavy atom. The summed E-state index contributed by atoms with van der Waals surface area (Å²) in [5.74, 6) is -0.314. The van der Waals surface area contributed by atoms with E-state index in [1.54, 1.807) is 6.08 Å². The Balaban J connectivity index is 2.69. The number of rotatable bonds is 9. The summed E-state index contributed by atoms with van der Waals surface area (Å²) in [6, 6.07) is 0. The summed E-state index contributed by atoms with van der Waals surface area (Å²) in [7, 11) is 0. The number of allylic oxidation sites excluding steroid dienone is 14. The van der Waals surface area contributed by atoms with E-state index < -0.39 is 5.60 Å². The highest BCUT2D eigenvalue weighted by atomic mass is 16.3. The lowest BCUT2D eigenvalue weighted by molar-refractivity contribution is -0.128. The van der Waals surface area contributed by atoms with E-state index in [0.717, 1.165) is 24.0 Å². The van der Waals surface area contributed by atoms with Crippen molar-refractivity contribution in [1.29, 1.82) is 0 Å². The van der Waals surface area contributed by atoms with Gasteiger partial charge in [-0.15, -0.1) is 0 Å². The summed E-state index contributed by atoms with van der Waals surface area (Å²) in [5, 5.41) is 19.7. The van der Waals surface area contributed by atoms with Gasteiger partial charge in [-0.1, -0.05) is 96.9 Å². The monoisotopic (exact) mass is 450 g/mol. The number of hydrogen-bond acceptors (Lipinski definition) is 3. The summed E-state index contributed by atoms with van der Waals surface area (Å²) >= 11 is 0. The fourth-order valence-electron chi connectivity index (χ4n) is 3.74. The smallest absolute Gasteiger partial charge is 0.186 e. The zero-order valence-corrected chi connectivity index (χ0v) is 21.6. The molecule has 2 N–H and O–H groups in total. The van der Waals surface area contributed by atoms with Gasteiger partial charge in [-0.25, -0.2) is 0 Å². The van der Waals surface area contributed by atoms with Crippen molar-refractivity contribution < 1.29 is 15.0 Å². The molecule has 1 aliphatic carbocycles. The van der Waals surface area contributed by atoms with E-state index in [0.29, 0.717) is 0 Å². The standard InChI is InChI=1S/C30H42O3/c1-22(12-9-10-13-23(2)17-19-28(32)30(7,8)33)14-11-15-24(3)16-18-27-25(4)20-26(31)21-29(27,5)6/h9-19,26,31,33H,20-21H2,1-8H3/b10-9+,14-11+,18-16+,19-17+,22-12+,23-13+,24-15+. The summed E-state index contributed by atoms with van der Waals surface area (Å²) in [6.07, 6.45) is 22.8. The number of carbonyl (C=O) groups is 1. The zero-order chi connectivity index (χ0) is 25.2. The van der Waals surface area contributed by atoms with E-state index in [9.17, 15) is 15.0 Å². The molecule has 3 nitrogen and oxygen atoms in total. The second kappa shape index (κ2) is 12.7. The highest BCUT2D eigenvalue weighted by Gasteiger charge is 2.31. The molecule has 180 valence electrons. The minimum Gasteiger partial charge on any atom is -0.393 e. The van der Waals surface area contributed by atoms with Crippen molar-refractivity contribution >= 4 is 5.78 Å². The molecule has 0 saturated carbocycles. The lowest BCUT2D eigenvalue weighted by Gasteiger charge is -2.35. The molecule has 1 unspecified atom stereocenters. The Morgan fingerprint density at radius 2 is 1.42 bits per heavy atom. The van der Waals surface area contributed by atoms with Crippen LogP contribution < -0.4 is 0 Å². The van der Waals surface area contributed by atoms with E-state index in [1.807, 2.05) is 44.2 Å². The van der Waals surface area contributed by atoms with Gasteiger partial charge < -0.3 is 10.2 Å². The molecule has 0 aromatic carbocycles.